The van der Waals surface area contributed by atoms with E-state index in [1.54, 1.807) is 0 Å². The third-order valence-electron chi connectivity index (χ3n) is 5.02. The van der Waals surface area contributed by atoms with Gasteiger partial charge in [-0.2, -0.15) is 0 Å². The molecule has 2 bridgehead atoms. The maximum Gasteiger partial charge on any atom is 0.122 e. The van der Waals surface area contributed by atoms with Crippen LogP contribution in [0.4, 0.5) is 0 Å². The van der Waals surface area contributed by atoms with Gasteiger partial charge in [-0.05, 0) is 51.2 Å². The molecular formula is C16H26N2O2. The first kappa shape index (κ1) is 14.1. The van der Waals surface area contributed by atoms with E-state index in [9.17, 15) is 5.11 Å². The van der Waals surface area contributed by atoms with Crippen molar-refractivity contribution < 1.29 is 9.52 Å². The minimum atomic E-state index is -0.138. The zero-order chi connectivity index (χ0) is 14.3. The first-order chi connectivity index (χ1) is 9.60. The Hall–Kier alpha value is -0.840. The summed E-state index contributed by atoms with van der Waals surface area (Å²) in [5.41, 5.74) is 6.41. The van der Waals surface area contributed by atoms with Gasteiger partial charge in [-0.25, -0.2) is 0 Å². The topological polar surface area (TPSA) is 62.6 Å². The highest BCUT2D eigenvalue weighted by Crippen LogP contribution is 2.43. The Bertz CT molecular complexity index is 445. The van der Waals surface area contributed by atoms with Gasteiger partial charge in [0.25, 0.3) is 0 Å². The van der Waals surface area contributed by atoms with E-state index in [4.69, 9.17) is 10.2 Å². The summed E-state index contributed by atoms with van der Waals surface area (Å²) in [6.07, 6.45) is 4.90. The molecule has 2 aliphatic rings. The van der Waals surface area contributed by atoms with Gasteiger partial charge >= 0.3 is 0 Å². The van der Waals surface area contributed by atoms with Crippen LogP contribution in [0.2, 0.25) is 0 Å². The molecule has 0 aliphatic carbocycles. The Morgan fingerprint density at radius 3 is 2.50 bits per heavy atom. The fourth-order valence-corrected chi connectivity index (χ4v) is 4.05. The molecule has 112 valence electrons. The van der Waals surface area contributed by atoms with Gasteiger partial charge in [0.15, 0.2) is 0 Å². The first-order valence-electron chi connectivity index (χ1n) is 7.87. The Morgan fingerprint density at radius 1 is 1.35 bits per heavy atom. The van der Waals surface area contributed by atoms with E-state index < -0.39 is 0 Å². The minimum absolute atomic E-state index is 0.0823. The van der Waals surface area contributed by atoms with Gasteiger partial charge in [0.05, 0.1) is 12.1 Å². The van der Waals surface area contributed by atoms with Gasteiger partial charge in [0.1, 0.15) is 11.5 Å². The van der Waals surface area contributed by atoms with Gasteiger partial charge in [0.2, 0.25) is 0 Å². The van der Waals surface area contributed by atoms with E-state index in [-0.39, 0.29) is 18.2 Å². The summed E-state index contributed by atoms with van der Waals surface area (Å²) in [5.74, 6) is 1.93. The standard InChI is InChI=1S/C16H26N2O2/c1-3-14(17)16(15-7-4-10(2)20-15)18-11-5-6-12(18)9-13(19)8-11/h4,7,11-14,16,19H,3,5-6,8-9,17H2,1-2H3. The van der Waals surface area contributed by atoms with Gasteiger partial charge in [0, 0.05) is 18.1 Å². The predicted molar refractivity (Wildman–Crippen MR) is 78.3 cm³/mol. The fraction of sp³-hybridized carbons (Fsp3) is 0.750. The molecule has 2 aliphatic heterocycles. The van der Waals surface area contributed by atoms with Gasteiger partial charge in [-0.1, -0.05) is 6.92 Å². The van der Waals surface area contributed by atoms with Crippen LogP contribution in [0.25, 0.3) is 0 Å². The summed E-state index contributed by atoms with van der Waals surface area (Å²) in [6.45, 7) is 4.11. The maximum atomic E-state index is 9.98. The number of aliphatic hydroxyl groups is 1. The molecule has 1 aromatic heterocycles. The van der Waals surface area contributed by atoms with Crippen LogP contribution in [0.1, 0.15) is 56.6 Å². The number of nitrogens with zero attached hydrogens (tertiary/aromatic N) is 1. The van der Waals surface area contributed by atoms with E-state index in [1.165, 1.54) is 12.8 Å². The number of fused-ring (bicyclic) bond motifs is 2. The van der Waals surface area contributed by atoms with Crippen molar-refractivity contribution in [3.63, 3.8) is 0 Å². The lowest BCUT2D eigenvalue weighted by molar-refractivity contribution is -0.00368. The van der Waals surface area contributed by atoms with Crippen LogP contribution >= 0.6 is 0 Å². The van der Waals surface area contributed by atoms with E-state index in [2.05, 4.69) is 17.9 Å². The van der Waals surface area contributed by atoms with E-state index in [0.717, 1.165) is 30.8 Å². The van der Waals surface area contributed by atoms with E-state index in [0.29, 0.717) is 12.1 Å². The Kier molecular flexibility index (Phi) is 3.89. The predicted octanol–water partition coefficient (Wildman–Crippen LogP) is 2.35. The normalized spacial score (nSPS) is 33.3. The van der Waals surface area contributed by atoms with Crippen LogP contribution in [0.3, 0.4) is 0 Å². The van der Waals surface area contributed by atoms with E-state index >= 15 is 0 Å². The molecule has 3 N–H and O–H groups in total. The summed E-state index contributed by atoms with van der Waals surface area (Å²) in [5, 5.41) is 9.98. The number of rotatable bonds is 4. The van der Waals surface area contributed by atoms with Crippen molar-refractivity contribution in [2.75, 3.05) is 0 Å². The molecule has 20 heavy (non-hydrogen) atoms. The van der Waals surface area contributed by atoms with Crippen molar-refractivity contribution in [2.45, 2.75) is 76.2 Å². The van der Waals surface area contributed by atoms with Crippen molar-refractivity contribution in [3.8, 4) is 0 Å². The van der Waals surface area contributed by atoms with Crippen LogP contribution in [-0.4, -0.2) is 34.2 Å². The summed E-state index contributed by atoms with van der Waals surface area (Å²) in [4.78, 5) is 2.54. The monoisotopic (exact) mass is 278 g/mol. The Balaban J connectivity index is 1.90. The molecule has 0 radical (unpaired) electrons. The van der Waals surface area contributed by atoms with Gasteiger partial charge < -0.3 is 15.3 Å². The molecule has 2 saturated heterocycles. The van der Waals surface area contributed by atoms with Crippen LogP contribution in [0.5, 0.6) is 0 Å². The molecule has 0 spiro atoms. The first-order valence-corrected chi connectivity index (χ1v) is 7.87. The molecule has 3 rings (SSSR count). The van der Waals surface area contributed by atoms with Crippen molar-refractivity contribution in [3.05, 3.63) is 23.7 Å². The summed E-state index contributed by atoms with van der Waals surface area (Å²) in [6, 6.07) is 5.23. The lowest BCUT2D eigenvalue weighted by Crippen LogP contribution is -2.51. The molecule has 4 unspecified atom stereocenters. The molecule has 4 nitrogen and oxygen atoms in total. The number of nitrogens with two attached hydrogens (primary N) is 1. The Morgan fingerprint density at radius 2 is 2.00 bits per heavy atom. The van der Waals surface area contributed by atoms with Crippen molar-refractivity contribution >= 4 is 0 Å². The number of furan rings is 1. The zero-order valence-corrected chi connectivity index (χ0v) is 12.5. The van der Waals surface area contributed by atoms with Gasteiger partial charge in [-0.15, -0.1) is 0 Å². The molecule has 1 aromatic rings. The van der Waals surface area contributed by atoms with Crippen LogP contribution in [-0.2, 0) is 0 Å². The lowest BCUT2D eigenvalue weighted by atomic mass is 9.93. The SMILES string of the molecule is CCC(N)C(c1ccc(C)o1)N1C2CCC1CC(O)C2. The molecule has 4 heteroatoms. The van der Waals surface area contributed by atoms with Crippen LogP contribution < -0.4 is 5.73 Å². The molecule has 0 aromatic carbocycles. The quantitative estimate of drug-likeness (QED) is 0.887. The highest BCUT2D eigenvalue weighted by Gasteiger charge is 2.46. The molecule has 4 atom stereocenters. The number of hydrogen-bond acceptors (Lipinski definition) is 4. The van der Waals surface area contributed by atoms with Crippen molar-refractivity contribution in [2.24, 2.45) is 5.73 Å². The lowest BCUT2D eigenvalue weighted by Gasteiger charge is -2.43. The molecular weight excluding hydrogens is 252 g/mol. The van der Waals surface area contributed by atoms with Crippen molar-refractivity contribution in [1.29, 1.82) is 0 Å². The van der Waals surface area contributed by atoms with Crippen molar-refractivity contribution in [1.82, 2.24) is 4.90 Å². The smallest absolute Gasteiger partial charge is 0.122 e. The maximum absolute atomic E-state index is 9.98. The summed E-state index contributed by atoms with van der Waals surface area (Å²) < 4.78 is 5.89. The largest absolute Gasteiger partial charge is 0.465 e. The molecule has 3 heterocycles. The molecule has 0 saturated carbocycles. The fourth-order valence-electron chi connectivity index (χ4n) is 4.05. The second-order valence-corrected chi connectivity index (χ2v) is 6.42. The average Bonchev–Trinajstić information content (AvgIpc) is 2.93. The number of hydrogen-bond donors (Lipinski definition) is 2. The molecule has 0 amide bonds. The highest BCUT2D eigenvalue weighted by molar-refractivity contribution is 5.15. The number of aryl methyl sites for hydroxylation is 1. The Labute approximate surface area is 120 Å². The number of aliphatic hydroxyl groups excluding tert-OH is 1. The number of piperidine rings is 1. The zero-order valence-electron chi connectivity index (χ0n) is 12.5. The highest BCUT2D eigenvalue weighted by atomic mass is 16.3. The van der Waals surface area contributed by atoms with Crippen LogP contribution in [0.15, 0.2) is 16.5 Å². The third kappa shape index (κ3) is 2.41. The second kappa shape index (κ2) is 5.51. The minimum Gasteiger partial charge on any atom is -0.465 e. The average molecular weight is 278 g/mol. The van der Waals surface area contributed by atoms with Gasteiger partial charge in [-0.3, -0.25) is 4.90 Å². The molecule has 2 fully saturated rings. The third-order valence-corrected chi connectivity index (χ3v) is 5.02. The van der Waals surface area contributed by atoms with E-state index in [1.807, 2.05) is 13.0 Å². The second-order valence-electron chi connectivity index (χ2n) is 6.42. The summed E-state index contributed by atoms with van der Waals surface area (Å²) >= 11 is 0. The van der Waals surface area contributed by atoms with Crippen LogP contribution in [0, 0.1) is 6.92 Å². The summed E-state index contributed by atoms with van der Waals surface area (Å²) in [7, 11) is 0.